The number of hydrogen-bond donors (Lipinski definition) is 1. The van der Waals surface area contributed by atoms with E-state index in [-0.39, 0.29) is 0 Å². The molecule has 0 unspecified atom stereocenters. The van der Waals surface area contributed by atoms with Crippen LogP contribution in [0.2, 0.25) is 0 Å². The van der Waals surface area contributed by atoms with Crippen molar-refractivity contribution >= 4 is 34.1 Å². The molecule has 0 fully saturated rings. The minimum Gasteiger partial charge on any atom is -0.374 e. The highest BCUT2D eigenvalue weighted by atomic mass is 127. The van der Waals surface area contributed by atoms with E-state index in [1.165, 1.54) is 11.3 Å². The Morgan fingerprint density at radius 2 is 2.21 bits per heavy atom. The topological polar surface area (TPSA) is 41.1 Å². The number of hydrogen-bond acceptors (Lipinski definition) is 4. The van der Waals surface area contributed by atoms with Crippen LogP contribution in [-0.4, -0.2) is 30.6 Å². The molecule has 1 N–H and O–H groups in total. The molecule has 0 radical (unpaired) electrons. The van der Waals surface area contributed by atoms with E-state index in [9.17, 15) is 0 Å². The normalized spacial score (nSPS) is 13.5. The van der Waals surface area contributed by atoms with Crippen molar-refractivity contribution in [3.8, 4) is 11.4 Å². The molecule has 0 amide bonds. The molecule has 2 heterocycles. The first-order chi connectivity index (χ1) is 9.19. The van der Waals surface area contributed by atoms with Crippen LogP contribution < -0.4 is 10.2 Å². The van der Waals surface area contributed by atoms with Gasteiger partial charge < -0.3 is 10.2 Å². The Labute approximate surface area is 126 Å². The highest BCUT2D eigenvalue weighted by Gasteiger charge is 2.16. The number of halogens is 1. The molecule has 5 heteroatoms. The SMILES string of the molecule is CNc1nc(-c2ccc3c(c2)CCN3C)ncc1I. The lowest BCUT2D eigenvalue weighted by atomic mass is 10.1. The number of nitrogens with zero attached hydrogens (tertiary/aromatic N) is 3. The molecule has 19 heavy (non-hydrogen) atoms. The van der Waals surface area contributed by atoms with Gasteiger partial charge in [-0.1, -0.05) is 0 Å². The Bertz CT molecular complexity index is 627. The summed E-state index contributed by atoms with van der Waals surface area (Å²) in [6.07, 6.45) is 2.96. The van der Waals surface area contributed by atoms with Gasteiger partial charge in [-0.15, -0.1) is 0 Å². The number of fused-ring (bicyclic) bond motifs is 1. The van der Waals surface area contributed by atoms with Crippen LogP contribution in [0.3, 0.4) is 0 Å². The van der Waals surface area contributed by atoms with Crippen LogP contribution >= 0.6 is 22.6 Å². The van der Waals surface area contributed by atoms with Crippen LogP contribution in [0.25, 0.3) is 11.4 Å². The van der Waals surface area contributed by atoms with E-state index in [2.05, 4.69) is 68.0 Å². The molecule has 0 bridgehead atoms. The largest absolute Gasteiger partial charge is 0.374 e. The monoisotopic (exact) mass is 366 g/mol. The number of anilines is 2. The zero-order chi connectivity index (χ0) is 13.4. The van der Waals surface area contributed by atoms with Crippen molar-refractivity contribution in [1.29, 1.82) is 0 Å². The van der Waals surface area contributed by atoms with Gasteiger partial charge in [-0.3, -0.25) is 0 Å². The van der Waals surface area contributed by atoms with Gasteiger partial charge in [-0.25, -0.2) is 9.97 Å². The molecule has 2 aromatic rings. The summed E-state index contributed by atoms with van der Waals surface area (Å²) in [5.74, 6) is 1.66. The fourth-order valence-corrected chi connectivity index (χ4v) is 2.92. The molecule has 0 atom stereocenters. The molecule has 3 rings (SSSR count). The van der Waals surface area contributed by atoms with Crippen molar-refractivity contribution in [2.75, 3.05) is 30.9 Å². The summed E-state index contributed by atoms with van der Waals surface area (Å²) in [4.78, 5) is 11.3. The first kappa shape index (κ1) is 12.7. The predicted molar refractivity (Wildman–Crippen MR) is 86.7 cm³/mol. The Morgan fingerprint density at radius 1 is 1.37 bits per heavy atom. The van der Waals surface area contributed by atoms with E-state index in [1.807, 2.05) is 13.2 Å². The lowest BCUT2D eigenvalue weighted by Crippen LogP contribution is -2.12. The van der Waals surface area contributed by atoms with E-state index in [0.29, 0.717) is 0 Å². The highest BCUT2D eigenvalue weighted by molar-refractivity contribution is 14.1. The summed E-state index contributed by atoms with van der Waals surface area (Å²) in [5, 5.41) is 3.10. The molecule has 0 spiro atoms. The van der Waals surface area contributed by atoms with Gasteiger partial charge in [-0.05, 0) is 52.8 Å². The van der Waals surface area contributed by atoms with E-state index < -0.39 is 0 Å². The summed E-state index contributed by atoms with van der Waals surface area (Å²) in [7, 11) is 4.01. The number of aromatic nitrogens is 2. The van der Waals surface area contributed by atoms with Crippen molar-refractivity contribution in [3.05, 3.63) is 33.5 Å². The fraction of sp³-hybridized carbons (Fsp3) is 0.286. The third kappa shape index (κ3) is 2.27. The molecule has 0 saturated carbocycles. The van der Waals surface area contributed by atoms with Crippen molar-refractivity contribution in [2.24, 2.45) is 0 Å². The molecule has 0 aliphatic carbocycles. The van der Waals surface area contributed by atoms with Crippen LogP contribution in [0.15, 0.2) is 24.4 Å². The maximum Gasteiger partial charge on any atom is 0.161 e. The average molecular weight is 366 g/mol. The molecular formula is C14H15IN4. The first-order valence-electron chi connectivity index (χ1n) is 6.24. The smallest absolute Gasteiger partial charge is 0.161 e. The third-order valence-electron chi connectivity index (χ3n) is 3.45. The van der Waals surface area contributed by atoms with Gasteiger partial charge in [0.1, 0.15) is 5.82 Å². The van der Waals surface area contributed by atoms with Crippen molar-refractivity contribution in [2.45, 2.75) is 6.42 Å². The minimum absolute atomic E-state index is 0.780. The van der Waals surface area contributed by atoms with E-state index in [1.54, 1.807) is 0 Å². The maximum absolute atomic E-state index is 4.56. The van der Waals surface area contributed by atoms with Gasteiger partial charge in [0.25, 0.3) is 0 Å². The number of nitrogens with one attached hydrogen (secondary N) is 1. The molecule has 98 valence electrons. The molecule has 1 aromatic heterocycles. The lowest BCUT2D eigenvalue weighted by Gasteiger charge is -2.12. The van der Waals surface area contributed by atoms with E-state index in [0.717, 1.165) is 33.7 Å². The first-order valence-corrected chi connectivity index (χ1v) is 7.31. The van der Waals surface area contributed by atoms with Crippen LogP contribution in [0.4, 0.5) is 11.5 Å². The second-order valence-corrected chi connectivity index (χ2v) is 5.82. The zero-order valence-corrected chi connectivity index (χ0v) is 13.1. The molecular weight excluding hydrogens is 351 g/mol. The van der Waals surface area contributed by atoms with Crippen LogP contribution in [-0.2, 0) is 6.42 Å². The summed E-state index contributed by atoms with van der Waals surface area (Å²) < 4.78 is 1.03. The number of benzene rings is 1. The van der Waals surface area contributed by atoms with Crippen molar-refractivity contribution < 1.29 is 0 Å². The van der Waals surface area contributed by atoms with Crippen molar-refractivity contribution in [1.82, 2.24) is 9.97 Å². The van der Waals surface area contributed by atoms with Crippen LogP contribution in [0, 0.1) is 3.57 Å². The molecule has 1 aliphatic rings. The molecule has 1 aromatic carbocycles. The van der Waals surface area contributed by atoms with E-state index >= 15 is 0 Å². The summed E-state index contributed by atoms with van der Waals surface area (Å²) in [6.45, 7) is 1.09. The second-order valence-electron chi connectivity index (χ2n) is 4.66. The Balaban J connectivity index is 2.03. The second kappa shape index (κ2) is 4.96. The summed E-state index contributed by atoms with van der Waals surface area (Å²) in [6, 6.07) is 6.47. The van der Waals surface area contributed by atoms with E-state index in [4.69, 9.17) is 0 Å². The zero-order valence-electron chi connectivity index (χ0n) is 10.9. The predicted octanol–water partition coefficient (Wildman–Crippen LogP) is 2.78. The Morgan fingerprint density at radius 3 is 3.00 bits per heavy atom. The number of rotatable bonds is 2. The van der Waals surface area contributed by atoms with Gasteiger partial charge in [0.2, 0.25) is 0 Å². The Hall–Kier alpha value is -1.37. The third-order valence-corrected chi connectivity index (χ3v) is 4.24. The maximum atomic E-state index is 4.56. The standard InChI is InChI=1S/C14H15IN4/c1-16-14-11(15)8-17-13(18-14)10-3-4-12-9(7-10)5-6-19(12)2/h3-4,7-8H,5-6H2,1-2H3,(H,16,17,18). The average Bonchev–Trinajstić information content (AvgIpc) is 2.80. The fourth-order valence-electron chi connectivity index (χ4n) is 2.39. The van der Waals surface area contributed by atoms with Gasteiger partial charge in [0.15, 0.2) is 5.82 Å². The molecule has 0 saturated heterocycles. The minimum atomic E-state index is 0.780. The van der Waals surface area contributed by atoms with Gasteiger partial charge in [-0.2, -0.15) is 0 Å². The quantitative estimate of drug-likeness (QED) is 0.830. The van der Waals surface area contributed by atoms with Crippen molar-refractivity contribution in [3.63, 3.8) is 0 Å². The van der Waals surface area contributed by atoms with Gasteiger partial charge in [0.05, 0.1) is 3.57 Å². The van der Waals surface area contributed by atoms with Gasteiger partial charge >= 0.3 is 0 Å². The molecule has 4 nitrogen and oxygen atoms in total. The van der Waals surface area contributed by atoms with Gasteiger partial charge in [0, 0.05) is 38.1 Å². The summed E-state index contributed by atoms with van der Waals surface area (Å²) in [5.41, 5.74) is 3.79. The lowest BCUT2D eigenvalue weighted by molar-refractivity contribution is 0.956. The van der Waals surface area contributed by atoms with Crippen LogP contribution in [0.5, 0.6) is 0 Å². The molecule has 1 aliphatic heterocycles. The number of likely N-dealkylation sites (N-methyl/N-ethyl adjacent to an activating group) is 1. The highest BCUT2D eigenvalue weighted by Crippen LogP contribution is 2.30. The summed E-state index contributed by atoms with van der Waals surface area (Å²) >= 11 is 2.23. The van der Waals surface area contributed by atoms with Crippen LogP contribution in [0.1, 0.15) is 5.56 Å². The Kier molecular flexibility index (Phi) is 3.30.